The minimum Gasteiger partial charge on any atom is -0.476 e. The monoisotopic (exact) mass is 288 g/mol. The van der Waals surface area contributed by atoms with E-state index in [2.05, 4.69) is 10.3 Å². The second-order valence-electron chi connectivity index (χ2n) is 5.02. The van der Waals surface area contributed by atoms with E-state index in [9.17, 15) is 13.2 Å². The molecule has 0 atom stereocenters. The van der Waals surface area contributed by atoms with Gasteiger partial charge >= 0.3 is 6.18 Å². The predicted molar refractivity (Wildman–Crippen MR) is 70.8 cm³/mol. The van der Waals surface area contributed by atoms with Crippen LogP contribution in [0.5, 0.6) is 5.88 Å². The Balaban J connectivity index is 1.93. The van der Waals surface area contributed by atoms with Gasteiger partial charge in [0.2, 0.25) is 5.88 Å². The number of alkyl halides is 3. The highest BCUT2D eigenvalue weighted by Crippen LogP contribution is 2.38. The maximum atomic E-state index is 12.6. The lowest BCUT2D eigenvalue weighted by Crippen LogP contribution is -2.32. The van der Waals surface area contributed by atoms with Crippen molar-refractivity contribution in [3.05, 3.63) is 18.3 Å². The summed E-state index contributed by atoms with van der Waals surface area (Å²) < 4.78 is 43.2. The van der Waals surface area contributed by atoms with Crippen molar-refractivity contribution >= 4 is 5.69 Å². The summed E-state index contributed by atoms with van der Waals surface area (Å²) in [4.78, 5) is 4.12. The lowest BCUT2D eigenvalue weighted by molar-refractivity contribution is -0.182. The number of rotatable bonds is 4. The molecule has 0 radical (unpaired) electrons. The summed E-state index contributed by atoms with van der Waals surface area (Å²) in [6.07, 6.45) is -1.02. The highest BCUT2D eigenvalue weighted by atomic mass is 19.4. The van der Waals surface area contributed by atoms with Gasteiger partial charge in [0.05, 0.1) is 18.2 Å². The Labute approximate surface area is 116 Å². The highest BCUT2D eigenvalue weighted by molar-refractivity contribution is 5.52. The topological polar surface area (TPSA) is 34.1 Å². The number of aromatic nitrogens is 1. The minimum absolute atomic E-state index is 0.0528. The standard InChI is InChI=1S/C14H19F3N2O/c1-2-20-13-12(4-3-9-18-13)19-11-7-5-10(6-8-11)14(15,16)17/h3-4,9-11,19H,2,5-8H2,1H3. The number of nitrogens with zero attached hydrogens (tertiary/aromatic N) is 1. The SMILES string of the molecule is CCOc1ncccc1NC1CCC(C(F)(F)F)CC1. The summed E-state index contributed by atoms with van der Waals surface area (Å²) in [5, 5.41) is 3.25. The molecule has 1 aliphatic rings. The number of ether oxygens (including phenoxy) is 1. The number of hydrogen-bond donors (Lipinski definition) is 1. The molecular formula is C14H19F3N2O. The number of nitrogens with one attached hydrogen (secondary N) is 1. The van der Waals surface area contributed by atoms with Crippen molar-refractivity contribution in [3.8, 4) is 5.88 Å². The van der Waals surface area contributed by atoms with E-state index >= 15 is 0 Å². The Kier molecular flexibility index (Phi) is 4.73. The van der Waals surface area contributed by atoms with Crippen LogP contribution in [0, 0.1) is 5.92 Å². The van der Waals surface area contributed by atoms with Crippen LogP contribution < -0.4 is 10.1 Å². The zero-order valence-electron chi connectivity index (χ0n) is 11.4. The van der Waals surface area contributed by atoms with Crippen molar-refractivity contribution in [2.45, 2.75) is 44.8 Å². The lowest BCUT2D eigenvalue weighted by atomic mass is 9.85. The van der Waals surface area contributed by atoms with Crippen LogP contribution in [0.25, 0.3) is 0 Å². The van der Waals surface area contributed by atoms with Crippen LogP contribution >= 0.6 is 0 Å². The molecule has 0 unspecified atom stereocenters. The fraction of sp³-hybridized carbons (Fsp3) is 0.643. The maximum absolute atomic E-state index is 12.6. The summed E-state index contributed by atoms with van der Waals surface area (Å²) in [6, 6.07) is 3.68. The zero-order chi connectivity index (χ0) is 14.6. The third kappa shape index (κ3) is 3.77. The van der Waals surface area contributed by atoms with Crippen molar-refractivity contribution in [2.24, 2.45) is 5.92 Å². The van der Waals surface area contributed by atoms with Gasteiger partial charge < -0.3 is 10.1 Å². The van der Waals surface area contributed by atoms with Crippen LogP contribution in [-0.2, 0) is 0 Å². The van der Waals surface area contributed by atoms with Crippen molar-refractivity contribution < 1.29 is 17.9 Å². The molecule has 6 heteroatoms. The summed E-state index contributed by atoms with van der Waals surface area (Å²) in [5.41, 5.74) is 0.754. The Bertz CT molecular complexity index is 429. The lowest BCUT2D eigenvalue weighted by Gasteiger charge is -2.31. The quantitative estimate of drug-likeness (QED) is 0.909. The highest BCUT2D eigenvalue weighted by Gasteiger charge is 2.41. The predicted octanol–water partition coefficient (Wildman–Crippen LogP) is 4.01. The molecular weight excluding hydrogens is 269 g/mol. The molecule has 1 aromatic heterocycles. The van der Waals surface area contributed by atoms with Gasteiger partial charge in [0.1, 0.15) is 0 Å². The van der Waals surface area contributed by atoms with Gasteiger partial charge in [0.25, 0.3) is 0 Å². The average molecular weight is 288 g/mol. The Hall–Kier alpha value is -1.46. The molecule has 0 amide bonds. The molecule has 0 saturated heterocycles. The summed E-state index contributed by atoms with van der Waals surface area (Å²) >= 11 is 0. The van der Waals surface area contributed by atoms with E-state index in [1.54, 1.807) is 12.3 Å². The van der Waals surface area contributed by atoms with Gasteiger partial charge in [-0.15, -0.1) is 0 Å². The van der Waals surface area contributed by atoms with E-state index in [0.29, 0.717) is 25.3 Å². The maximum Gasteiger partial charge on any atom is 0.391 e. The molecule has 20 heavy (non-hydrogen) atoms. The minimum atomic E-state index is -4.06. The molecule has 0 aromatic carbocycles. The van der Waals surface area contributed by atoms with E-state index in [-0.39, 0.29) is 18.9 Å². The Morgan fingerprint density at radius 1 is 1.30 bits per heavy atom. The molecule has 2 rings (SSSR count). The van der Waals surface area contributed by atoms with Gasteiger partial charge in [-0.2, -0.15) is 13.2 Å². The third-order valence-corrected chi connectivity index (χ3v) is 3.60. The van der Waals surface area contributed by atoms with Crippen LogP contribution in [-0.4, -0.2) is 23.8 Å². The molecule has 3 nitrogen and oxygen atoms in total. The van der Waals surface area contributed by atoms with Gasteiger partial charge in [-0.1, -0.05) is 0 Å². The summed E-state index contributed by atoms with van der Waals surface area (Å²) in [5.74, 6) is -0.645. The fourth-order valence-electron chi connectivity index (χ4n) is 2.54. The number of halogens is 3. The molecule has 0 spiro atoms. The Morgan fingerprint density at radius 3 is 2.60 bits per heavy atom. The first-order valence-electron chi connectivity index (χ1n) is 6.91. The van der Waals surface area contributed by atoms with Gasteiger partial charge in [0, 0.05) is 12.2 Å². The summed E-state index contributed by atoms with van der Waals surface area (Å²) in [7, 11) is 0. The number of anilines is 1. The van der Waals surface area contributed by atoms with Crippen molar-refractivity contribution in [1.82, 2.24) is 4.98 Å². The number of hydrogen-bond acceptors (Lipinski definition) is 3. The molecule has 1 fully saturated rings. The van der Waals surface area contributed by atoms with Crippen molar-refractivity contribution in [1.29, 1.82) is 0 Å². The Morgan fingerprint density at radius 2 is 2.00 bits per heavy atom. The van der Waals surface area contributed by atoms with Crippen molar-refractivity contribution in [3.63, 3.8) is 0 Å². The third-order valence-electron chi connectivity index (χ3n) is 3.60. The molecule has 0 aliphatic heterocycles. The first kappa shape index (κ1) is 14.9. The molecule has 1 aromatic rings. The second-order valence-corrected chi connectivity index (χ2v) is 5.02. The first-order chi connectivity index (χ1) is 9.50. The molecule has 1 saturated carbocycles. The first-order valence-corrected chi connectivity index (χ1v) is 6.91. The van der Waals surface area contributed by atoms with E-state index < -0.39 is 12.1 Å². The van der Waals surface area contributed by atoms with Crippen LogP contribution in [0.2, 0.25) is 0 Å². The van der Waals surface area contributed by atoms with Crippen LogP contribution in [0.3, 0.4) is 0 Å². The second kappa shape index (κ2) is 6.33. The average Bonchev–Trinajstić information content (AvgIpc) is 2.41. The smallest absolute Gasteiger partial charge is 0.391 e. The van der Waals surface area contributed by atoms with Crippen LogP contribution in [0.15, 0.2) is 18.3 Å². The van der Waals surface area contributed by atoms with Gasteiger partial charge in [-0.25, -0.2) is 4.98 Å². The van der Waals surface area contributed by atoms with E-state index in [0.717, 1.165) is 5.69 Å². The van der Waals surface area contributed by atoms with Crippen molar-refractivity contribution in [2.75, 3.05) is 11.9 Å². The van der Waals surface area contributed by atoms with E-state index in [1.165, 1.54) is 0 Å². The molecule has 112 valence electrons. The van der Waals surface area contributed by atoms with Crippen LogP contribution in [0.1, 0.15) is 32.6 Å². The van der Waals surface area contributed by atoms with Gasteiger partial charge in [-0.05, 0) is 44.7 Å². The van der Waals surface area contributed by atoms with Gasteiger partial charge in [0.15, 0.2) is 0 Å². The fourth-order valence-corrected chi connectivity index (χ4v) is 2.54. The molecule has 1 heterocycles. The molecule has 1 aliphatic carbocycles. The zero-order valence-corrected chi connectivity index (χ0v) is 11.4. The van der Waals surface area contributed by atoms with E-state index in [4.69, 9.17) is 4.74 Å². The molecule has 0 bridgehead atoms. The van der Waals surface area contributed by atoms with E-state index in [1.807, 2.05) is 13.0 Å². The largest absolute Gasteiger partial charge is 0.476 e. The van der Waals surface area contributed by atoms with Crippen LogP contribution in [0.4, 0.5) is 18.9 Å². The normalized spacial score (nSPS) is 23.4. The molecule has 1 N–H and O–H groups in total. The van der Waals surface area contributed by atoms with Gasteiger partial charge in [-0.3, -0.25) is 0 Å². The number of pyridine rings is 1. The summed E-state index contributed by atoms with van der Waals surface area (Å²) in [6.45, 7) is 2.37.